The maximum absolute atomic E-state index is 14.0. The van der Waals surface area contributed by atoms with Crippen molar-refractivity contribution in [2.45, 2.75) is 30.3 Å². The van der Waals surface area contributed by atoms with Crippen molar-refractivity contribution in [2.24, 2.45) is 0 Å². The molecule has 1 aliphatic heterocycles. The summed E-state index contributed by atoms with van der Waals surface area (Å²) in [5.41, 5.74) is 4.09. The molecular weight excluding hydrogens is 452 g/mol. The van der Waals surface area contributed by atoms with Crippen LogP contribution in [0.4, 0.5) is 5.69 Å². The molecule has 4 nitrogen and oxygen atoms in total. The highest BCUT2D eigenvalue weighted by atomic mass is 32.2. The van der Waals surface area contributed by atoms with E-state index in [2.05, 4.69) is 29.2 Å². The minimum Gasteiger partial charge on any atom is -0.299 e. The van der Waals surface area contributed by atoms with E-state index in [0.29, 0.717) is 4.90 Å². The van der Waals surface area contributed by atoms with Crippen LogP contribution in [0.15, 0.2) is 120 Å². The number of piperidine rings is 1. The zero-order valence-electron chi connectivity index (χ0n) is 19.7. The van der Waals surface area contributed by atoms with E-state index in [1.807, 2.05) is 78.9 Å². The third kappa shape index (κ3) is 5.31. The molecule has 0 amide bonds. The van der Waals surface area contributed by atoms with Crippen LogP contribution < -0.4 is 4.31 Å². The van der Waals surface area contributed by atoms with E-state index in [-0.39, 0.29) is 6.04 Å². The predicted molar refractivity (Wildman–Crippen MR) is 143 cm³/mol. The molecule has 1 heterocycles. The second-order valence-electron chi connectivity index (χ2n) is 9.02. The van der Waals surface area contributed by atoms with Crippen molar-refractivity contribution in [1.29, 1.82) is 0 Å². The minimum absolute atomic E-state index is 0.0803. The maximum atomic E-state index is 14.0. The van der Waals surface area contributed by atoms with E-state index in [0.717, 1.165) is 49.3 Å². The molecule has 4 aromatic carbocycles. The van der Waals surface area contributed by atoms with Crippen molar-refractivity contribution in [3.63, 3.8) is 0 Å². The minimum atomic E-state index is -3.71. The van der Waals surface area contributed by atoms with E-state index in [4.69, 9.17) is 0 Å². The molecule has 0 N–H and O–H groups in total. The van der Waals surface area contributed by atoms with Gasteiger partial charge in [0, 0.05) is 25.7 Å². The normalized spacial score (nSPS) is 15.1. The van der Waals surface area contributed by atoms with Gasteiger partial charge in [0.15, 0.2) is 0 Å². The van der Waals surface area contributed by atoms with Gasteiger partial charge in [-0.15, -0.1) is 0 Å². The SMILES string of the molecule is O=S(=O)(c1ccc(-c2ccccc2)cc1)N(c1ccccc1)C1CCN(Cc2ccccc2)CC1. The van der Waals surface area contributed by atoms with E-state index < -0.39 is 10.0 Å². The Hall–Kier alpha value is -3.41. The molecule has 0 radical (unpaired) electrons. The summed E-state index contributed by atoms with van der Waals surface area (Å²) in [5, 5.41) is 0. The highest BCUT2D eigenvalue weighted by Gasteiger charge is 2.34. The van der Waals surface area contributed by atoms with Crippen molar-refractivity contribution in [3.8, 4) is 11.1 Å². The fraction of sp³-hybridized carbons (Fsp3) is 0.200. The predicted octanol–water partition coefficient (Wildman–Crippen LogP) is 6.21. The smallest absolute Gasteiger partial charge is 0.264 e. The topological polar surface area (TPSA) is 40.6 Å². The Morgan fingerprint density at radius 2 is 1.17 bits per heavy atom. The molecular formula is C30H30N2O2S. The van der Waals surface area contributed by atoms with Crippen molar-refractivity contribution in [2.75, 3.05) is 17.4 Å². The molecule has 0 atom stereocenters. The van der Waals surface area contributed by atoms with Crippen LogP contribution in [0.2, 0.25) is 0 Å². The first-order valence-corrected chi connectivity index (χ1v) is 13.6. The first-order valence-electron chi connectivity index (χ1n) is 12.1. The fourth-order valence-electron chi connectivity index (χ4n) is 4.84. The van der Waals surface area contributed by atoms with Crippen LogP contribution in [0.3, 0.4) is 0 Å². The molecule has 5 heteroatoms. The highest BCUT2D eigenvalue weighted by molar-refractivity contribution is 7.92. The quantitative estimate of drug-likeness (QED) is 0.314. The number of nitrogens with zero attached hydrogens (tertiary/aromatic N) is 2. The van der Waals surface area contributed by atoms with Gasteiger partial charge < -0.3 is 0 Å². The molecule has 35 heavy (non-hydrogen) atoms. The Balaban J connectivity index is 1.38. The zero-order chi connectivity index (χ0) is 24.1. The highest BCUT2D eigenvalue weighted by Crippen LogP contribution is 2.31. The van der Waals surface area contributed by atoms with Gasteiger partial charge in [-0.3, -0.25) is 9.21 Å². The lowest BCUT2D eigenvalue weighted by Gasteiger charge is -2.39. The molecule has 5 rings (SSSR count). The number of likely N-dealkylation sites (tertiary alicyclic amines) is 1. The average Bonchev–Trinajstić information content (AvgIpc) is 2.91. The summed E-state index contributed by atoms with van der Waals surface area (Å²) in [5.74, 6) is 0. The van der Waals surface area contributed by atoms with E-state index in [9.17, 15) is 8.42 Å². The Bertz CT molecular complexity index is 1320. The molecule has 4 aromatic rings. The summed E-state index contributed by atoms with van der Waals surface area (Å²) in [4.78, 5) is 2.74. The van der Waals surface area contributed by atoms with Crippen LogP contribution in [0.5, 0.6) is 0 Å². The third-order valence-electron chi connectivity index (χ3n) is 6.67. The third-order valence-corrected chi connectivity index (χ3v) is 8.56. The van der Waals surface area contributed by atoms with Crippen LogP contribution in [0, 0.1) is 0 Å². The van der Waals surface area contributed by atoms with Crippen molar-refractivity contribution < 1.29 is 8.42 Å². The molecule has 0 saturated carbocycles. The Labute approximate surface area is 208 Å². The summed E-state index contributed by atoms with van der Waals surface area (Å²) in [6, 6.07) is 37.2. The Morgan fingerprint density at radius 3 is 1.77 bits per heavy atom. The monoisotopic (exact) mass is 482 g/mol. The summed E-state index contributed by atoms with van der Waals surface area (Å²) < 4.78 is 29.6. The molecule has 0 unspecified atom stereocenters. The summed E-state index contributed by atoms with van der Waals surface area (Å²) in [6.45, 7) is 2.63. The largest absolute Gasteiger partial charge is 0.299 e. The second-order valence-corrected chi connectivity index (χ2v) is 10.8. The van der Waals surface area contributed by atoms with Gasteiger partial charge in [-0.1, -0.05) is 91.0 Å². The number of rotatable bonds is 7. The zero-order valence-corrected chi connectivity index (χ0v) is 20.5. The van der Waals surface area contributed by atoms with Gasteiger partial charge in [0.25, 0.3) is 10.0 Å². The number of benzene rings is 4. The van der Waals surface area contributed by atoms with Crippen molar-refractivity contribution >= 4 is 15.7 Å². The van der Waals surface area contributed by atoms with Gasteiger partial charge in [0.05, 0.1) is 10.6 Å². The van der Waals surface area contributed by atoms with Crippen LogP contribution in [0.25, 0.3) is 11.1 Å². The maximum Gasteiger partial charge on any atom is 0.264 e. The van der Waals surface area contributed by atoms with Crippen LogP contribution >= 0.6 is 0 Å². The lowest BCUT2D eigenvalue weighted by Crippen LogP contribution is -2.47. The van der Waals surface area contributed by atoms with E-state index in [1.54, 1.807) is 16.4 Å². The fourth-order valence-corrected chi connectivity index (χ4v) is 6.55. The lowest BCUT2D eigenvalue weighted by molar-refractivity contribution is 0.206. The first-order chi connectivity index (χ1) is 17.1. The lowest BCUT2D eigenvalue weighted by atomic mass is 10.0. The molecule has 1 fully saturated rings. The van der Waals surface area contributed by atoms with Crippen molar-refractivity contribution in [1.82, 2.24) is 4.90 Å². The summed E-state index contributed by atoms with van der Waals surface area (Å²) in [7, 11) is -3.71. The number of hydrogen-bond donors (Lipinski definition) is 0. The number of hydrogen-bond acceptors (Lipinski definition) is 3. The number of para-hydroxylation sites is 1. The molecule has 1 saturated heterocycles. The van der Waals surface area contributed by atoms with E-state index >= 15 is 0 Å². The van der Waals surface area contributed by atoms with Crippen LogP contribution in [0.1, 0.15) is 18.4 Å². The molecule has 1 aliphatic rings. The van der Waals surface area contributed by atoms with Crippen molar-refractivity contribution in [3.05, 3.63) is 121 Å². The molecule has 0 aliphatic carbocycles. The van der Waals surface area contributed by atoms with Gasteiger partial charge in [-0.25, -0.2) is 8.42 Å². The molecule has 0 spiro atoms. The molecule has 178 valence electrons. The number of sulfonamides is 1. The Morgan fingerprint density at radius 1 is 0.657 bits per heavy atom. The van der Waals surface area contributed by atoms with Gasteiger partial charge >= 0.3 is 0 Å². The van der Waals surface area contributed by atoms with Crippen LogP contribution in [-0.2, 0) is 16.6 Å². The van der Waals surface area contributed by atoms with Gasteiger partial charge in [-0.05, 0) is 53.8 Å². The average molecular weight is 483 g/mol. The Kier molecular flexibility index (Phi) is 6.98. The first kappa shape index (κ1) is 23.3. The van der Waals surface area contributed by atoms with Crippen LogP contribution in [-0.4, -0.2) is 32.4 Å². The summed E-state index contributed by atoms with van der Waals surface area (Å²) >= 11 is 0. The van der Waals surface area contributed by atoms with E-state index in [1.165, 1.54) is 5.56 Å². The van der Waals surface area contributed by atoms with Gasteiger partial charge in [0.2, 0.25) is 0 Å². The summed E-state index contributed by atoms with van der Waals surface area (Å²) in [6.07, 6.45) is 1.59. The van der Waals surface area contributed by atoms with Gasteiger partial charge in [0.1, 0.15) is 0 Å². The van der Waals surface area contributed by atoms with Gasteiger partial charge in [-0.2, -0.15) is 0 Å². The molecule has 0 bridgehead atoms. The number of anilines is 1. The second kappa shape index (κ2) is 10.5. The standard InChI is InChI=1S/C30H30N2O2S/c33-35(34,30-18-16-27(17-19-30)26-12-6-2-7-13-26)32(28-14-8-3-9-15-28)29-20-22-31(23-21-29)24-25-10-4-1-5-11-25/h1-19,29H,20-24H2. The molecule has 0 aromatic heterocycles.